The number of fused-ring (bicyclic) bond motifs is 9. The Labute approximate surface area is 294 Å². The third-order valence-corrected chi connectivity index (χ3v) is 10.8. The van der Waals surface area contributed by atoms with E-state index in [9.17, 15) is 0 Å². The summed E-state index contributed by atoms with van der Waals surface area (Å²) in [5.74, 6) is 0. The molecule has 0 N–H and O–H groups in total. The summed E-state index contributed by atoms with van der Waals surface area (Å²) in [4.78, 5) is 0. The van der Waals surface area contributed by atoms with E-state index in [0.29, 0.717) is 0 Å². The van der Waals surface area contributed by atoms with Gasteiger partial charge in [0.15, 0.2) is 0 Å². The first kappa shape index (κ1) is 28.3. The average molecular weight is 653 g/mol. The molecule has 0 saturated carbocycles. The van der Waals surface area contributed by atoms with Gasteiger partial charge in [-0.1, -0.05) is 115 Å². The standard InChI is InChI=1S/C48H32N2O/c1-2-11-31(12-3-1)32-21-24-34(25-22-32)49-42-17-7-4-13-37(42)38-27-23-33(29-45(38)49)36-16-10-19-44-48(36)41-15-5-8-18-43(41)50(44)35-26-28-40-39-14-6-9-20-46(39)51-47(40)30-35/h1-6,8-16,18-30H,7,17H2. The summed E-state index contributed by atoms with van der Waals surface area (Å²) in [5.41, 5.74) is 15.3. The number of allylic oxidation sites excluding steroid dienone is 1. The molecule has 0 radical (unpaired) electrons. The van der Waals surface area contributed by atoms with E-state index in [0.717, 1.165) is 40.5 Å². The Morgan fingerprint density at radius 3 is 2.06 bits per heavy atom. The van der Waals surface area contributed by atoms with Crippen molar-refractivity contribution in [3.63, 3.8) is 0 Å². The Bertz CT molecular complexity index is 3010. The highest BCUT2D eigenvalue weighted by atomic mass is 16.3. The summed E-state index contributed by atoms with van der Waals surface area (Å²) >= 11 is 0. The molecule has 0 amide bonds. The molecule has 3 aromatic heterocycles. The van der Waals surface area contributed by atoms with Gasteiger partial charge in [-0.05, 0) is 83.6 Å². The van der Waals surface area contributed by atoms with Crippen molar-refractivity contribution in [2.45, 2.75) is 12.8 Å². The van der Waals surface area contributed by atoms with Crippen molar-refractivity contribution in [1.82, 2.24) is 9.13 Å². The zero-order chi connectivity index (χ0) is 33.5. The van der Waals surface area contributed by atoms with Crippen molar-refractivity contribution in [2.24, 2.45) is 0 Å². The Balaban J connectivity index is 1.11. The van der Waals surface area contributed by atoms with Crippen molar-refractivity contribution < 1.29 is 4.42 Å². The van der Waals surface area contributed by atoms with Crippen molar-refractivity contribution in [3.8, 4) is 33.6 Å². The van der Waals surface area contributed by atoms with E-state index in [1.54, 1.807) is 0 Å². The topological polar surface area (TPSA) is 23.0 Å². The van der Waals surface area contributed by atoms with Gasteiger partial charge in [-0.15, -0.1) is 0 Å². The van der Waals surface area contributed by atoms with Gasteiger partial charge >= 0.3 is 0 Å². The van der Waals surface area contributed by atoms with Gasteiger partial charge in [0.2, 0.25) is 0 Å². The number of hydrogen-bond acceptors (Lipinski definition) is 1. The minimum Gasteiger partial charge on any atom is -0.456 e. The summed E-state index contributed by atoms with van der Waals surface area (Å²) in [5, 5.41) is 6.08. The summed E-state index contributed by atoms with van der Waals surface area (Å²) in [6, 6.07) is 57.1. The van der Waals surface area contributed by atoms with Crippen LogP contribution in [-0.4, -0.2) is 9.13 Å². The number of benzene rings is 7. The molecule has 0 atom stereocenters. The van der Waals surface area contributed by atoms with Gasteiger partial charge in [0.25, 0.3) is 0 Å². The van der Waals surface area contributed by atoms with Gasteiger partial charge in [0, 0.05) is 55.6 Å². The lowest BCUT2D eigenvalue weighted by Gasteiger charge is -2.14. The molecule has 7 aromatic carbocycles. The summed E-state index contributed by atoms with van der Waals surface area (Å²) < 4.78 is 11.2. The molecule has 0 bridgehead atoms. The van der Waals surface area contributed by atoms with Crippen LogP contribution in [0, 0.1) is 0 Å². The van der Waals surface area contributed by atoms with Crippen molar-refractivity contribution in [1.29, 1.82) is 0 Å². The first-order chi connectivity index (χ1) is 25.3. The molecule has 240 valence electrons. The molecular formula is C48H32N2O. The quantitative estimate of drug-likeness (QED) is 0.186. The van der Waals surface area contributed by atoms with Crippen LogP contribution in [0.5, 0.6) is 0 Å². The SMILES string of the molecule is C1=Cc2c(n(-c3ccc(-c4ccccc4)cc3)c3cc(-c4cccc5c4c4ccccc4n5-c4ccc5c(c4)oc4ccccc45)ccc23)CC1. The van der Waals surface area contributed by atoms with E-state index in [2.05, 4.69) is 167 Å². The van der Waals surface area contributed by atoms with Crippen molar-refractivity contribution in [2.75, 3.05) is 0 Å². The van der Waals surface area contributed by atoms with Crippen LogP contribution in [-0.2, 0) is 6.42 Å². The molecule has 0 unspecified atom stereocenters. The zero-order valence-corrected chi connectivity index (χ0v) is 27.9. The van der Waals surface area contributed by atoms with Crippen molar-refractivity contribution in [3.05, 3.63) is 175 Å². The number of para-hydroxylation sites is 2. The molecule has 11 rings (SSSR count). The third-order valence-electron chi connectivity index (χ3n) is 10.8. The molecule has 1 aliphatic rings. The van der Waals surface area contributed by atoms with Crippen LogP contribution in [0.15, 0.2) is 168 Å². The fraction of sp³-hybridized carbons (Fsp3) is 0.0417. The lowest BCUT2D eigenvalue weighted by molar-refractivity contribution is 0.668. The number of furan rings is 1. The molecule has 3 nitrogen and oxygen atoms in total. The van der Waals surface area contributed by atoms with Crippen LogP contribution in [0.4, 0.5) is 0 Å². The molecule has 3 heterocycles. The van der Waals surface area contributed by atoms with Gasteiger partial charge in [0.05, 0.1) is 16.6 Å². The molecule has 0 spiro atoms. The zero-order valence-electron chi connectivity index (χ0n) is 27.9. The molecule has 0 fully saturated rings. The van der Waals surface area contributed by atoms with Gasteiger partial charge in [-0.3, -0.25) is 0 Å². The van der Waals surface area contributed by atoms with Crippen LogP contribution in [0.1, 0.15) is 17.7 Å². The lowest BCUT2D eigenvalue weighted by Crippen LogP contribution is -2.03. The van der Waals surface area contributed by atoms with E-state index in [-0.39, 0.29) is 0 Å². The van der Waals surface area contributed by atoms with Crippen molar-refractivity contribution >= 4 is 60.7 Å². The third kappa shape index (κ3) is 4.25. The number of aromatic nitrogens is 2. The first-order valence-corrected chi connectivity index (χ1v) is 17.7. The molecule has 0 saturated heterocycles. The molecule has 3 heteroatoms. The number of nitrogens with zero attached hydrogens (tertiary/aromatic N) is 2. The maximum absolute atomic E-state index is 6.34. The molecule has 10 aromatic rings. The van der Waals surface area contributed by atoms with E-state index < -0.39 is 0 Å². The average Bonchev–Trinajstić information content (AvgIpc) is 3.85. The summed E-state index contributed by atoms with van der Waals surface area (Å²) in [6.07, 6.45) is 6.71. The minimum atomic E-state index is 0.900. The monoisotopic (exact) mass is 652 g/mol. The minimum absolute atomic E-state index is 0.900. The van der Waals surface area contributed by atoms with E-state index in [4.69, 9.17) is 4.42 Å². The van der Waals surface area contributed by atoms with Crippen LogP contribution in [0.25, 0.3) is 94.4 Å². The Morgan fingerprint density at radius 2 is 1.16 bits per heavy atom. The van der Waals surface area contributed by atoms with Crippen LogP contribution >= 0.6 is 0 Å². The second-order valence-electron chi connectivity index (χ2n) is 13.6. The van der Waals surface area contributed by atoms with Gasteiger partial charge in [0.1, 0.15) is 11.2 Å². The Hall–Kier alpha value is -6.58. The normalized spacial score (nSPS) is 12.9. The largest absolute Gasteiger partial charge is 0.456 e. The molecule has 0 aliphatic heterocycles. The summed E-state index contributed by atoms with van der Waals surface area (Å²) in [7, 11) is 0. The van der Waals surface area contributed by atoms with Crippen LogP contribution < -0.4 is 0 Å². The van der Waals surface area contributed by atoms with Gasteiger partial charge in [-0.25, -0.2) is 0 Å². The number of hydrogen-bond donors (Lipinski definition) is 0. The second-order valence-corrected chi connectivity index (χ2v) is 13.6. The van der Waals surface area contributed by atoms with Crippen LogP contribution in [0.3, 0.4) is 0 Å². The van der Waals surface area contributed by atoms with Crippen LogP contribution in [0.2, 0.25) is 0 Å². The maximum atomic E-state index is 6.34. The Morgan fingerprint density at radius 1 is 0.451 bits per heavy atom. The predicted octanol–water partition coefficient (Wildman–Crippen LogP) is 12.9. The maximum Gasteiger partial charge on any atom is 0.137 e. The lowest BCUT2D eigenvalue weighted by atomic mass is 9.97. The highest BCUT2D eigenvalue weighted by Gasteiger charge is 2.21. The molecule has 51 heavy (non-hydrogen) atoms. The fourth-order valence-electron chi connectivity index (χ4n) is 8.51. The fourth-order valence-corrected chi connectivity index (χ4v) is 8.51. The van der Waals surface area contributed by atoms with E-state index >= 15 is 0 Å². The molecule has 1 aliphatic carbocycles. The molecular weight excluding hydrogens is 621 g/mol. The predicted molar refractivity (Wildman–Crippen MR) is 213 cm³/mol. The van der Waals surface area contributed by atoms with E-state index in [1.807, 2.05) is 12.1 Å². The Kier molecular flexibility index (Phi) is 6.08. The number of rotatable bonds is 4. The first-order valence-electron chi connectivity index (χ1n) is 17.7. The van der Waals surface area contributed by atoms with E-state index in [1.165, 1.54) is 71.9 Å². The summed E-state index contributed by atoms with van der Waals surface area (Å²) in [6.45, 7) is 0. The smallest absolute Gasteiger partial charge is 0.137 e. The van der Waals surface area contributed by atoms with Gasteiger partial charge < -0.3 is 13.6 Å². The van der Waals surface area contributed by atoms with Gasteiger partial charge in [-0.2, -0.15) is 0 Å². The second kappa shape index (κ2) is 11.0. The highest BCUT2D eigenvalue weighted by molar-refractivity contribution is 6.16. The highest BCUT2D eigenvalue weighted by Crippen LogP contribution is 2.42.